The van der Waals surface area contributed by atoms with Crippen molar-refractivity contribution in [2.75, 3.05) is 20.1 Å². The van der Waals surface area contributed by atoms with Crippen LogP contribution < -0.4 is 10.6 Å². The lowest BCUT2D eigenvalue weighted by Gasteiger charge is -2.12. The van der Waals surface area contributed by atoms with Gasteiger partial charge in [0.05, 0.1) is 6.54 Å². The SMILES string of the molecule is CNCC(=O)NCC(C)Cn1cccn1.Cl. The normalized spacial score (nSPS) is 11.6. The minimum Gasteiger partial charge on any atom is -0.355 e. The summed E-state index contributed by atoms with van der Waals surface area (Å²) in [6.45, 7) is 3.96. The molecule has 0 saturated carbocycles. The Labute approximate surface area is 102 Å². The molecule has 1 atom stereocenters. The Morgan fingerprint density at radius 1 is 1.56 bits per heavy atom. The van der Waals surface area contributed by atoms with Crippen molar-refractivity contribution in [3.8, 4) is 0 Å². The molecule has 16 heavy (non-hydrogen) atoms. The zero-order valence-electron chi connectivity index (χ0n) is 9.64. The number of carbonyl (C=O) groups excluding carboxylic acids is 1. The summed E-state index contributed by atoms with van der Waals surface area (Å²) >= 11 is 0. The third-order valence-corrected chi connectivity index (χ3v) is 2.04. The molecule has 0 aliphatic heterocycles. The maximum absolute atomic E-state index is 11.2. The van der Waals surface area contributed by atoms with E-state index in [0.717, 1.165) is 6.54 Å². The van der Waals surface area contributed by atoms with Gasteiger partial charge >= 0.3 is 0 Å². The largest absolute Gasteiger partial charge is 0.355 e. The number of aromatic nitrogens is 2. The Hall–Kier alpha value is -1.07. The Kier molecular flexibility index (Phi) is 7.58. The molecule has 5 nitrogen and oxygen atoms in total. The highest BCUT2D eigenvalue weighted by atomic mass is 35.5. The highest BCUT2D eigenvalue weighted by molar-refractivity contribution is 5.85. The quantitative estimate of drug-likeness (QED) is 0.758. The highest BCUT2D eigenvalue weighted by Gasteiger charge is 2.05. The van der Waals surface area contributed by atoms with Gasteiger partial charge in [0.2, 0.25) is 5.91 Å². The molecule has 0 bridgehead atoms. The van der Waals surface area contributed by atoms with Gasteiger partial charge in [0.1, 0.15) is 0 Å². The van der Waals surface area contributed by atoms with Crippen molar-refractivity contribution in [1.82, 2.24) is 20.4 Å². The van der Waals surface area contributed by atoms with Gasteiger partial charge in [-0.1, -0.05) is 6.92 Å². The van der Waals surface area contributed by atoms with Crippen LogP contribution in [0, 0.1) is 5.92 Å². The fraction of sp³-hybridized carbons (Fsp3) is 0.600. The van der Waals surface area contributed by atoms with Crippen LogP contribution in [0.1, 0.15) is 6.92 Å². The molecule has 0 aliphatic carbocycles. The molecule has 2 N–H and O–H groups in total. The lowest BCUT2D eigenvalue weighted by molar-refractivity contribution is -0.120. The Balaban J connectivity index is 0.00000225. The Morgan fingerprint density at radius 3 is 2.88 bits per heavy atom. The second-order valence-corrected chi connectivity index (χ2v) is 3.67. The first-order valence-corrected chi connectivity index (χ1v) is 5.11. The number of hydrogen-bond donors (Lipinski definition) is 2. The number of likely N-dealkylation sites (N-methyl/N-ethyl adjacent to an activating group) is 1. The zero-order valence-corrected chi connectivity index (χ0v) is 10.5. The van der Waals surface area contributed by atoms with Gasteiger partial charge in [-0.15, -0.1) is 12.4 Å². The fourth-order valence-corrected chi connectivity index (χ4v) is 1.30. The van der Waals surface area contributed by atoms with E-state index in [-0.39, 0.29) is 18.3 Å². The number of carbonyl (C=O) groups is 1. The lowest BCUT2D eigenvalue weighted by Crippen LogP contribution is -2.35. The Morgan fingerprint density at radius 2 is 2.31 bits per heavy atom. The third-order valence-electron chi connectivity index (χ3n) is 2.04. The predicted molar refractivity (Wildman–Crippen MR) is 65.6 cm³/mol. The molecule has 1 aromatic rings. The van der Waals surface area contributed by atoms with Crippen molar-refractivity contribution in [2.45, 2.75) is 13.5 Å². The maximum Gasteiger partial charge on any atom is 0.233 e. The average Bonchev–Trinajstić information content (AvgIpc) is 2.68. The maximum atomic E-state index is 11.2. The first kappa shape index (κ1) is 14.9. The van der Waals surface area contributed by atoms with Crippen LogP contribution in [0.15, 0.2) is 18.5 Å². The highest BCUT2D eigenvalue weighted by Crippen LogP contribution is 1.97. The van der Waals surface area contributed by atoms with Crippen LogP contribution in [0.5, 0.6) is 0 Å². The van der Waals surface area contributed by atoms with Crippen molar-refractivity contribution in [3.05, 3.63) is 18.5 Å². The predicted octanol–water partition coefficient (Wildman–Crippen LogP) is 0.277. The van der Waals surface area contributed by atoms with E-state index in [0.29, 0.717) is 19.0 Å². The van der Waals surface area contributed by atoms with E-state index in [1.165, 1.54) is 0 Å². The van der Waals surface area contributed by atoms with Gasteiger partial charge in [0, 0.05) is 25.5 Å². The first-order valence-electron chi connectivity index (χ1n) is 5.11. The number of nitrogens with zero attached hydrogens (tertiary/aromatic N) is 2. The molecule has 6 heteroatoms. The van der Waals surface area contributed by atoms with Gasteiger partial charge in [-0.25, -0.2) is 0 Å². The number of amides is 1. The fourth-order valence-electron chi connectivity index (χ4n) is 1.30. The summed E-state index contributed by atoms with van der Waals surface area (Å²) in [7, 11) is 1.76. The van der Waals surface area contributed by atoms with E-state index >= 15 is 0 Å². The van der Waals surface area contributed by atoms with E-state index in [9.17, 15) is 4.79 Å². The zero-order chi connectivity index (χ0) is 11.1. The van der Waals surface area contributed by atoms with E-state index in [1.807, 2.05) is 16.9 Å². The molecule has 1 amide bonds. The summed E-state index contributed by atoms with van der Waals surface area (Å²) in [6.07, 6.45) is 3.68. The van der Waals surface area contributed by atoms with Crippen molar-refractivity contribution < 1.29 is 4.79 Å². The second-order valence-electron chi connectivity index (χ2n) is 3.67. The summed E-state index contributed by atoms with van der Waals surface area (Å²) in [6, 6.07) is 1.90. The van der Waals surface area contributed by atoms with Gasteiger partial charge in [-0.3, -0.25) is 9.48 Å². The van der Waals surface area contributed by atoms with Crippen LogP contribution in [0.25, 0.3) is 0 Å². The molecule has 1 heterocycles. The third kappa shape index (κ3) is 5.72. The summed E-state index contributed by atoms with van der Waals surface area (Å²) < 4.78 is 1.87. The van der Waals surface area contributed by atoms with E-state index in [1.54, 1.807) is 13.2 Å². The Bertz CT molecular complexity index is 289. The van der Waals surface area contributed by atoms with Gasteiger partial charge in [0.25, 0.3) is 0 Å². The van der Waals surface area contributed by atoms with Gasteiger partial charge < -0.3 is 10.6 Å². The van der Waals surface area contributed by atoms with E-state index < -0.39 is 0 Å². The molecular weight excluding hydrogens is 228 g/mol. The van der Waals surface area contributed by atoms with Crippen LogP contribution >= 0.6 is 12.4 Å². The molecule has 1 unspecified atom stereocenters. The number of hydrogen-bond acceptors (Lipinski definition) is 3. The van der Waals surface area contributed by atoms with Crippen molar-refractivity contribution in [1.29, 1.82) is 0 Å². The molecular formula is C10H19ClN4O. The summed E-state index contributed by atoms with van der Waals surface area (Å²) in [5, 5.41) is 9.77. The molecule has 0 radical (unpaired) electrons. The molecule has 0 aliphatic rings. The lowest BCUT2D eigenvalue weighted by atomic mass is 10.2. The molecule has 0 fully saturated rings. The van der Waals surface area contributed by atoms with Gasteiger partial charge in [0.15, 0.2) is 0 Å². The van der Waals surface area contributed by atoms with E-state index in [2.05, 4.69) is 22.7 Å². The number of nitrogens with one attached hydrogen (secondary N) is 2. The number of halogens is 1. The molecule has 1 aromatic heterocycles. The summed E-state index contributed by atoms with van der Waals surface area (Å²) in [5.74, 6) is 0.413. The second kappa shape index (κ2) is 8.13. The monoisotopic (exact) mass is 246 g/mol. The first-order chi connectivity index (χ1) is 7.22. The van der Waals surface area contributed by atoms with Crippen LogP contribution in [0.3, 0.4) is 0 Å². The molecule has 0 saturated heterocycles. The smallest absolute Gasteiger partial charge is 0.233 e. The van der Waals surface area contributed by atoms with Crippen LogP contribution in [0.4, 0.5) is 0 Å². The van der Waals surface area contributed by atoms with Gasteiger partial charge in [-0.05, 0) is 19.0 Å². The minimum absolute atomic E-state index is 0. The average molecular weight is 247 g/mol. The van der Waals surface area contributed by atoms with Crippen LogP contribution in [-0.4, -0.2) is 35.8 Å². The van der Waals surface area contributed by atoms with Crippen LogP contribution in [-0.2, 0) is 11.3 Å². The van der Waals surface area contributed by atoms with E-state index in [4.69, 9.17) is 0 Å². The van der Waals surface area contributed by atoms with Crippen molar-refractivity contribution in [3.63, 3.8) is 0 Å². The summed E-state index contributed by atoms with van der Waals surface area (Å²) in [5.41, 5.74) is 0. The summed E-state index contributed by atoms with van der Waals surface area (Å²) in [4.78, 5) is 11.2. The van der Waals surface area contributed by atoms with Crippen molar-refractivity contribution in [2.24, 2.45) is 5.92 Å². The van der Waals surface area contributed by atoms with Crippen LogP contribution in [0.2, 0.25) is 0 Å². The molecule has 0 spiro atoms. The molecule has 1 rings (SSSR count). The molecule has 0 aromatic carbocycles. The van der Waals surface area contributed by atoms with Gasteiger partial charge in [-0.2, -0.15) is 5.10 Å². The van der Waals surface area contributed by atoms with Crippen molar-refractivity contribution >= 4 is 18.3 Å². The molecule has 92 valence electrons. The number of rotatable bonds is 6. The standard InChI is InChI=1S/C10H18N4O.ClH/c1-9(6-12-10(15)7-11-2)8-14-5-3-4-13-14;/h3-5,9,11H,6-8H2,1-2H3,(H,12,15);1H. The minimum atomic E-state index is 0. The topological polar surface area (TPSA) is 59.0 Å².